The Morgan fingerprint density at radius 3 is 1.96 bits per heavy atom. The topological polar surface area (TPSA) is 37.4 Å². The normalized spacial score (nSPS) is 12.6. The molecule has 3 rings (SSSR count). The molecule has 0 heterocycles. The Hall–Kier alpha value is -2.59. The van der Waals surface area contributed by atoms with Crippen LogP contribution in [0.3, 0.4) is 0 Å². The molecule has 3 aromatic carbocycles. The third kappa shape index (κ3) is 3.51. The molecule has 134 valence electrons. The molecule has 0 aliphatic rings. The summed E-state index contributed by atoms with van der Waals surface area (Å²) >= 11 is 0. The number of hydrogen-bond acceptors (Lipinski definition) is 2. The Morgan fingerprint density at radius 1 is 0.769 bits per heavy atom. The number of hydrogen-bond donors (Lipinski definition) is 0. The average Bonchev–Trinajstić information content (AvgIpc) is 2.64. The van der Waals surface area contributed by atoms with Crippen LogP contribution in [-0.4, -0.2) is 8.42 Å². The summed E-state index contributed by atoms with van der Waals surface area (Å²) in [5.74, 6) is 0. The first-order valence-electron chi connectivity index (χ1n) is 8.63. The van der Waals surface area contributed by atoms with E-state index in [2.05, 4.69) is 0 Å². The zero-order valence-electron chi connectivity index (χ0n) is 15.3. The van der Waals surface area contributed by atoms with Gasteiger partial charge in [-0.2, -0.15) is 0 Å². The lowest BCUT2D eigenvalue weighted by Crippen LogP contribution is -2.34. The molecule has 26 heavy (non-hydrogen) atoms. The third-order valence-electron chi connectivity index (χ3n) is 4.58. The molecule has 3 aromatic rings. The number of sulfonamides is 1. The van der Waals surface area contributed by atoms with Crippen LogP contribution in [0.4, 0.5) is 5.69 Å². The minimum Gasteiger partial charge on any atom is -0.259 e. The van der Waals surface area contributed by atoms with E-state index in [9.17, 15) is 8.42 Å². The molecule has 0 radical (unpaired) electrons. The molecule has 3 nitrogen and oxygen atoms in total. The van der Waals surface area contributed by atoms with E-state index in [1.54, 1.807) is 24.3 Å². The molecular weight excluding hydrogens is 342 g/mol. The van der Waals surface area contributed by atoms with Crippen LogP contribution in [0.25, 0.3) is 0 Å². The fourth-order valence-corrected chi connectivity index (χ4v) is 4.81. The van der Waals surface area contributed by atoms with E-state index in [0.717, 1.165) is 16.7 Å². The van der Waals surface area contributed by atoms with Crippen molar-refractivity contribution in [3.63, 3.8) is 0 Å². The quantitative estimate of drug-likeness (QED) is 0.618. The van der Waals surface area contributed by atoms with Gasteiger partial charge in [0.15, 0.2) is 0 Å². The van der Waals surface area contributed by atoms with Crippen molar-refractivity contribution in [1.29, 1.82) is 0 Å². The Bertz CT molecular complexity index is 980. The van der Waals surface area contributed by atoms with Crippen LogP contribution in [-0.2, 0) is 10.0 Å². The maximum absolute atomic E-state index is 13.5. The standard InChI is InChI=1S/C22H23NO2S/c1-17-13-15-20(16-14-17)23(19(3)22-12-8-7-9-18(22)2)26(24,25)21-10-5-4-6-11-21/h4-16,19H,1-3H3. The number of aryl methyl sites for hydroxylation is 2. The van der Waals surface area contributed by atoms with E-state index in [4.69, 9.17) is 0 Å². The van der Waals surface area contributed by atoms with Crippen molar-refractivity contribution in [2.75, 3.05) is 4.31 Å². The van der Waals surface area contributed by atoms with Crippen LogP contribution in [0.5, 0.6) is 0 Å². The second-order valence-electron chi connectivity index (χ2n) is 6.48. The zero-order valence-corrected chi connectivity index (χ0v) is 16.1. The van der Waals surface area contributed by atoms with Crippen LogP contribution >= 0.6 is 0 Å². The lowest BCUT2D eigenvalue weighted by atomic mass is 10.0. The van der Waals surface area contributed by atoms with Crippen LogP contribution in [0.2, 0.25) is 0 Å². The largest absolute Gasteiger partial charge is 0.264 e. The van der Waals surface area contributed by atoms with Gasteiger partial charge in [-0.15, -0.1) is 0 Å². The highest BCUT2D eigenvalue weighted by Crippen LogP contribution is 2.34. The fraction of sp³-hybridized carbons (Fsp3) is 0.182. The van der Waals surface area contributed by atoms with Gasteiger partial charge in [0.1, 0.15) is 0 Å². The molecule has 1 atom stereocenters. The van der Waals surface area contributed by atoms with E-state index in [-0.39, 0.29) is 6.04 Å². The summed E-state index contributed by atoms with van der Waals surface area (Å²) in [4.78, 5) is 0.293. The molecule has 0 fully saturated rings. The zero-order chi connectivity index (χ0) is 18.7. The number of benzene rings is 3. The highest BCUT2D eigenvalue weighted by molar-refractivity contribution is 7.92. The minimum atomic E-state index is -3.70. The molecule has 1 unspecified atom stereocenters. The van der Waals surface area contributed by atoms with Crippen molar-refractivity contribution in [3.05, 3.63) is 95.6 Å². The summed E-state index contributed by atoms with van der Waals surface area (Å²) in [5, 5.41) is 0. The summed E-state index contributed by atoms with van der Waals surface area (Å²) in [6, 6.07) is 23.8. The van der Waals surface area contributed by atoms with Crippen molar-refractivity contribution in [3.8, 4) is 0 Å². The van der Waals surface area contributed by atoms with Gasteiger partial charge < -0.3 is 0 Å². The Morgan fingerprint density at radius 2 is 1.35 bits per heavy atom. The minimum absolute atomic E-state index is 0.293. The number of nitrogens with zero attached hydrogens (tertiary/aromatic N) is 1. The summed E-state index contributed by atoms with van der Waals surface area (Å²) in [6.07, 6.45) is 0. The monoisotopic (exact) mass is 365 g/mol. The van der Waals surface area contributed by atoms with Crippen molar-refractivity contribution < 1.29 is 8.42 Å². The lowest BCUT2D eigenvalue weighted by Gasteiger charge is -2.31. The number of anilines is 1. The highest BCUT2D eigenvalue weighted by Gasteiger charge is 2.30. The average molecular weight is 365 g/mol. The summed E-state index contributed by atoms with van der Waals surface area (Å²) < 4.78 is 28.5. The molecule has 0 bridgehead atoms. The second-order valence-corrected chi connectivity index (χ2v) is 8.30. The molecule has 0 saturated heterocycles. The molecule has 0 spiro atoms. The molecule has 0 aromatic heterocycles. The Balaban J connectivity index is 2.17. The third-order valence-corrected chi connectivity index (χ3v) is 6.49. The lowest BCUT2D eigenvalue weighted by molar-refractivity contribution is 0.582. The first kappa shape index (κ1) is 18.2. The first-order chi connectivity index (χ1) is 12.4. The highest BCUT2D eigenvalue weighted by atomic mass is 32.2. The maximum atomic E-state index is 13.5. The Labute approximate surface area is 156 Å². The second kappa shape index (κ2) is 7.34. The molecular formula is C22H23NO2S. The molecule has 0 saturated carbocycles. The van der Waals surface area contributed by atoms with E-state index in [0.29, 0.717) is 10.6 Å². The van der Waals surface area contributed by atoms with E-state index < -0.39 is 10.0 Å². The van der Waals surface area contributed by atoms with Crippen molar-refractivity contribution in [2.24, 2.45) is 0 Å². The van der Waals surface area contributed by atoms with Gasteiger partial charge in [0, 0.05) is 0 Å². The van der Waals surface area contributed by atoms with E-state index >= 15 is 0 Å². The van der Waals surface area contributed by atoms with Gasteiger partial charge in [0.2, 0.25) is 0 Å². The molecule has 0 N–H and O–H groups in total. The molecule has 4 heteroatoms. The molecule has 0 aliphatic heterocycles. The number of rotatable bonds is 5. The van der Waals surface area contributed by atoms with Gasteiger partial charge in [0.05, 0.1) is 16.6 Å². The fourth-order valence-electron chi connectivity index (χ4n) is 3.15. The predicted molar refractivity (Wildman–Crippen MR) is 107 cm³/mol. The Kier molecular flexibility index (Phi) is 5.14. The van der Waals surface area contributed by atoms with Crippen LogP contribution in [0.15, 0.2) is 83.8 Å². The van der Waals surface area contributed by atoms with Crippen molar-refractivity contribution in [1.82, 2.24) is 0 Å². The van der Waals surface area contributed by atoms with Crippen molar-refractivity contribution >= 4 is 15.7 Å². The SMILES string of the molecule is Cc1ccc(N(C(C)c2ccccc2C)S(=O)(=O)c2ccccc2)cc1. The molecule has 0 amide bonds. The smallest absolute Gasteiger partial charge is 0.259 e. The van der Waals surface area contributed by atoms with Crippen LogP contribution < -0.4 is 4.31 Å². The van der Waals surface area contributed by atoms with Gasteiger partial charge in [-0.3, -0.25) is 4.31 Å². The summed E-state index contributed by atoms with van der Waals surface area (Å²) in [7, 11) is -3.70. The van der Waals surface area contributed by atoms with Gasteiger partial charge >= 0.3 is 0 Å². The van der Waals surface area contributed by atoms with E-state index in [1.165, 1.54) is 4.31 Å². The van der Waals surface area contributed by atoms with E-state index in [1.807, 2.05) is 75.4 Å². The van der Waals surface area contributed by atoms with Gasteiger partial charge in [-0.25, -0.2) is 8.42 Å². The maximum Gasteiger partial charge on any atom is 0.264 e. The first-order valence-corrected chi connectivity index (χ1v) is 10.1. The summed E-state index contributed by atoms with van der Waals surface area (Å²) in [6.45, 7) is 5.93. The van der Waals surface area contributed by atoms with Crippen molar-refractivity contribution in [2.45, 2.75) is 31.7 Å². The predicted octanol–water partition coefficient (Wildman–Crippen LogP) is 5.26. The molecule has 0 aliphatic carbocycles. The van der Waals surface area contributed by atoms with Gasteiger partial charge in [0.25, 0.3) is 10.0 Å². The van der Waals surface area contributed by atoms with Crippen LogP contribution in [0, 0.1) is 13.8 Å². The van der Waals surface area contributed by atoms with Crippen LogP contribution in [0.1, 0.15) is 29.7 Å². The summed E-state index contributed by atoms with van der Waals surface area (Å²) in [5.41, 5.74) is 3.82. The van der Waals surface area contributed by atoms with Gasteiger partial charge in [-0.05, 0) is 56.2 Å². The van der Waals surface area contributed by atoms with Gasteiger partial charge in [-0.1, -0.05) is 60.2 Å².